The van der Waals surface area contributed by atoms with Crippen LogP contribution in [0, 0.1) is 5.41 Å². The number of alkyl halides is 1. The van der Waals surface area contributed by atoms with Gasteiger partial charge in [-0.15, -0.1) is 11.6 Å². The van der Waals surface area contributed by atoms with Crippen molar-refractivity contribution in [2.45, 2.75) is 63.9 Å². The van der Waals surface area contributed by atoms with Crippen molar-refractivity contribution in [2.75, 3.05) is 7.11 Å². The molecule has 2 unspecified atom stereocenters. The van der Waals surface area contributed by atoms with Crippen LogP contribution < -0.4 is 0 Å². The zero-order valence-corrected chi connectivity index (χ0v) is 10.7. The van der Waals surface area contributed by atoms with Gasteiger partial charge in [0.15, 0.2) is 0 Å². The summed E-state index contributed by atoms with van der Waals surface area (Å²) in [6.07, 6.45) is 6.00. The highest BCUT2D eigenvalue weighted by molar-refractivity contribution is 6.20. The minimum Gasteiger partial charge on any atom is -0.379 e. The molecule has 0 spiro atoms. The average Bonchev–Trinajstić information content (AvgIpc) is 2.45. The Labute approximate surface area is 93.2 Å². The van der Waals surface area contributed by atoms with E-state index in [9.17, 15) is 0 Å². The summed E-state index contributed by atoms with van der Waals surface area (Å²) < 4.78 is 5.44. The number of hydrogen-bond donors (Lipinski definition) is 0. The van der Waals surface area contributed by atoms with Crippen molar-refractivity contribution >= 4 is 11.6 Å². The largest absolute Gasteiger partial charge is 0.379 e. The highest BCUT2D eigenvalue weighted by atomic mass is 35.5. The third kappa shape index (κ3) is 3.43. The molecule has 1 nitrogen and oxygen atoms in total. The van der Waals surface area contributed by atoms with Crippen LogP contribution in [0.25, 0.3) is 0 Å². The van der Waals surface area contributed by atoms with Gasteiger partial charge in [-0.25, -0.2) is 0 Å². The molecule has 1 saturated carbocycles. The number of rotatable bonds is 4. The molecule has 84 valence electrons. The molecule has 1 aliphatic rings. The first-order valence-electron chi connectivity index (χ1n) is 5.56. The molecule has 0 saturated heterocycles. The molecule has 1 rings (SSSR count). The second kappa shape index (κ2) is 4.40. The van der Waals surface area contributed by atoms with Gasteiger partial charge in [0, 0.05) is 12.5 Å². The maximum atomic E-state index is 6.15. The fourth-order valence-corrected chi connectivity index (χ4v) is 2.66. The first kappa shape index (κ1) is 12.3. The Morgan fingerprint density at radius 2 is 2.14 bits per heavy atom. The molecule has 0 aromatic carbocycles. The monoisotopic (exact) mass is 218 g/mol. The lowest BCUT2D eigenvalue weighted by atomic mass is 9.81. The summed E-state index contributed by atoms with van der Waals surface area (Å²) in [7, 11) is 1.79. The summed E-state index contributed by atoms with van der Waals surface area (Å²) in [6.45, 7) is 6.67. The minimum absolute atomic E-state index is 0.0212. The summed E-state index contributed by atoms with van der Waals surface area (Å²) in [6, 6.07) is 0. The summed E-state index contributed by atoms with van der Waals surface area (Å²) in [5, 5.41) is 0.408. The number of hydrogen-bond acceptors (Lipinski definition) is 1. The van der Waals surface area contributed by atoms with Gasteiger partial charge in [-0.2, -0.15) is 0 Å². The molecule has 1 aliphatic carbocycles. The van der Waals surface area contributed by atoms with E-state index in [4.69, 9.17) is 16.3 Å². The molecule has 14 heavy (non-hydrogen) atoms. The van der Waals surface area contributed by atoms with Crippen molar-refractivity contribution in [3.8, 4) is 0 Å². The Kier molecular flexibility index (Phi) is 3.87. The molecule has 0 aromatic heterocycles. The topological polar surface area (TPSA) is 9.23 Å². The highest BCUT2D eigenvalue weighted by Crippen LogP contribution is 2.44. The van der Waals surface area contributed by atoms with Crippen LogP contribution in [0.3, 0.4) is 0 Å². The van der Waals surface area contributed by atoms with Crippen LogP contribution >= 0.6 is 11.6 Å². The smallest absolute Gasteiger partial charge is 0.0623 e. The summed E-state index contributed by atoms with van der Waals surface area (Å²) in [5.74, 6) is 0. The van der Waals surface area contributed by atoms with Gasteiger partial charge in [0.2, 0.25) is 0 Å². The molecule has 0 amide bonds. The van der Waals surface area contributed by atoms with E-state index >= 15 is 0 Å². The molecule has 0 N–H and O–H groups in total. The van der Waals surface area contributed by atoms with Gasteiger partial charge in [-0.05, 0) is 51.4 Å². The zero-order valence-electron chi connectivity index (χ0n) is 9.90. The van der Waals surface area contributed by atoms with Crippen molar-refractivity contribution < 1.29 is 4.74 Å². The SMILES string of the molecule is COC(C)(C)CCC1(C)CCC(Cl)C1. The van der Waals surface area contributed by atoms with Gasteiger partial charge in [0.1, 0.15) is 0 Å². The Morgan fingerprint density at radius 1 is 1.50 bits per heavy atom. The van der Waals surface area contributed by atoms with Crippen molar-refractivity contribution in [1.82, 2.24) is 0 Å². The maximum absolute atomic E-state index is 6.15. The molecule has 2 heteroatoms. The summed E-state index contributed by atoms with van der Waals surface area (Å²) >= 11 is 6.15. The van der Waals surface area contributed by atoms with E-state index in [-0.39, 0.29) is 5.60 Å². The van der Waals surface area contributed by atoms with Crippen LogP contribution in [0.2, 0.25) is 0 Å². The normalized spacial score (nSPS) is 33.6. The van der Waals surface area contributed by atoms with Gasteiger partial charge >= 0.3 is 0 Å². The summed E-state index contributed by atoms with van der Waals surface area (Å²) in [4.78, 5) is 0. The lowest BCUT2D eigenvalue weighted by Crippen LogP contribution is -2.25. The van der Waals surface area contributed by atoms with Crippen LogP contribution in [-0.4, -0.2) is 18.1 Å². The van der Waals surface area contributed by atoms with E-state index in [1.807, 2.05) is 0 Å². The first-order chi connectivity index (χ1) is 6.37. The zero-order chi connectivity index (χ0) is 10.8. The van der Waals surface area contributed by atoms with E-state index in [1.54, 1.807) is 7.11 Å². The minimum atomic E-state index is 0.0212. The first-order valence-corrected chi connectivity index (χ1v) is 6.00. The van der Waals surface area contributed by atoms with Crippen LogP contribution in [0.4, 0.5) is 0 Å². The molecule has 0 heterocycles. The van der Waals surface area contributed by atoms with Crippen molar-refractivity contribution in [3.63, 3.8) is 0 Å². The average molecular weight is 219 g/mol. The Balaban J connectivity index is 2.37. The second-order valence-electron chi connectivity index (χ2n) is 5.61. The number of methoxy groups -OCH3 is 1. The maximum Gasteiger partial charge on any atom is 0.0623 e. The standard InChI is InChI=1S/C12H23ClO/c1-11(2,14-4)7-8-12(3)6-5-10(13)9-12/h10H,5-9H2,1-4H3. The van der Waals surface area contributed by atoms with Crippen molar-refractivity contribution in [2.24, 2.45) is 5.41 Å². The van der Waals surface area contributed by atoms with E-state index in [0.717, 1.165) is 6.42 Å². The van der Waals surface area contributed by atoms with E-state index in [2.05, 4.69) is 20.8 Å². The highest BCUT2D eigenvalue weighted by Gasteiger charge is 2.35. The molecule has 2 atom stereocenters. The Hall–Kier alpha value is 0.250. The van der Waals surface area contributed by atoms with Crippen LogP contribution in [0.15, 0.2) is 0 Å². The van der Waals surface area contributed by atoms with Gasteiger partial charge < -0.3 is 4.74 Å². The third-order valence-electron chi connectivity index (χ3n) is 3.66. The predicted molar refractivity (Wildman–Crippen MR) is 61.9 cm³/mol. The quantitative estimate of drug-likeness (QED) is 0.649. The molecular formula is C12H23ClO. The Bertz CT molecular complexity index is 191. The number of ether oxygens (including phenoxy) is 1. The molecule has 0 aliphatic heterocycles. The lowest BCUT2D eigenvalue weighted by molar-refractivity contribution is 0.00508. The molecular weight excluding hydrogens is 196 g/mol. The van der Waals surface area contributed by atoms with Crippen LogP contribution in [-0.2, 0) is 4.74 Å². The van der Waals surface area contributed by atoms with E-state index < -0.39 is 0 Å². The molecule has 1 fully saturated rings. The summed E-state index contributed by atoms with van der Waals surface area (Å²) in [5.41, 5.74) is 0.482. The van der Waals surface area contributed by atoms with Crippen LogP contribution in [0.5, 0.6) is 0 Å². The molecule has 0 aromatic rings. The van der Waals surface area contributed by atoms with E-state index in [1.165, 1.54) is 25.7 Å². The lowest BCUT2D eigenvalue weighted by Gasteiger charge is -2.30. The van der Waals surface area contributed by atoms with Crippen molar-refractivity contribution in [3.05, 3.63) is 0 Å². The molecule has 0 radical (unpaired) electrons. The third-order valence-corrected chi connectivity index (χ3v) is 4.03. The van der Waals surface area contributed by atoms with Gasteiger partial charge in [0.05, 0.1) is 5.60 Å². The molecule has 0 bridgehead atoms. The predicted octanol–water partition coefficient (Wildman–Crippen LogP) is 3.99. The number of halogens is 1. The fourth-order valence-electron chi connectivity index (χ4n) is 2.18. The van der Waals surface area contributed by atoms with Crippen molar-refractivity contribution in [1.29, 1.82) is 0 Å². The van der Waals surface area contributed by atoms with Gasteiger partial charge in [-0.3, -0.25) is 0 Å². The van der Waals surface area contributed by atoms with Gasteiger partial charge in [0.25, 0.3) is 0 Å². The van der Waals surface area contributed by atoms with Gasteiger partial charge in [-0.1, -0.05) is 6.92 Å². The second-order valence-corrected chi connectivity index (χ2v) is 6.23. The Morgan fingerprint density at radius 3 is 2.57 bits per heavy atom. The van der Waals surface area contributed by atoms with Crippen LogP contribution in [0.1, 0.15) is 52.9 Å². The fraction of sp³-hybridized carbons (Fsp3) is 1.00. The van der Waals surface area contributed by atoms with E-state index in [0.29, 0.717) is 10.8 Å².